The van der Waals surface area contributed by atoms with Gasteiger partial charge in [-0.05, 0) is 67.4 Å². The summed E-state index contributed by atoms with van der Waals surface area (Å²) in [5.41, 5.74) is 7.34. The van der Waals surface area contributed by atoms with Crippen LogP contribution in [-0.4, -0.2) is 5.91 Å². The summed E-state index contributed by atoms with van der Waals surface area (Å²) in [6.07, 6.45) is 14.5. The van der Waals surface area contributed by atoms with Crippen molar-refractivity contribution >= 4 is 12.0 Å². The molecular formula is C30H35NO. The van der Waals surface area contributed by atoms with Crippen LogP contribution in [0.4, 0.5) is 0 Å². The minimum absolute atomic E-state index is 0.0551. The maximum absolute atomic E-state index is 12.4. The highest BCUT2D eigenvalue weighted by Crippen LogP contribution is 2.40. The van der Waals surface area contributed by atoms with Crippen LogP contribution in [-0.2, 0) is 6.54 Å². The predicted molar refractivity (Wildman–Crippen MR) is 136 cm³/mol. The third-order valence-corrected chi connectivity index (χ3v) is 6.17. The van der Waals surface area contributed by atoms with E-state index in [4.69, 9.17) is 0 Å². The molecule has 0 unspecified atom stereocenters. The molecule has 0 aliphatic heterocycles. The Kier molecular flexibility index (Phi) is 8.05. The molecule has 0 spiro atoms. The molecule has 0 radical (unpaired) electrons. The van der Waals surface area contributed by atoms with Crippen molar-refractivity contribution in [1.82, 2.24) is 5.32 Å². The largest absolute Gasteiger partial charge is 0.348 e. The molecule has 0 saturated heterocycles. The second-order valence-electron chi connectivity index (χ2n) is 9.32. The van der Waals surface area contributed by atoms with Crippen molar-refractivity contribution < 1.29 is 4.79 Å². The quantitative estimate of drug-likeness (QED) is 0.453. The lowest BCUT2D eigenvalue weighted by molar-refractivity contribution is 0.0951. The van der Waals surface area contributed by atoms with Crippen molar-refractivity contribution in [3.05, 3.63) is 112 Å². The summed E-state index contributed by atoms with van der Waals surface area (Å²) in [6, 6.07) is 17.6. The Morgan fingerprint density at radius 3 is 2.44 bits per heavy atom. The van der Waals surface area contributed by atoms with Crippen LogP contribution < -0.4 is 5.32 Å². The SMILES string of the molecule is CC(C=CC1=C(C)CCCC1(C)C)=CC=Cc1ccc(C(=O)NCc2ccccc2)cc1. The van der Waals surface area contributed by atoms with E-state index in [1.54, 1.807) is 0 Å². The van der Waals surface area contributed by atoms with Crippen LogP contribution in [0.3, 0.4) is 0 Å². The molecule has 2 aromatic carbocycles. The Labute approximate surface area is 193 Å². The van der Waals surface area contributed by atoms with E-state index in [1.165, 1.54) is 36.0 Å². The first-order chi connectivity index (χ1) is 15.3. The lowest BCUT2D eigenvalue weighted by atomic mass is 9.72. The Morgan fingerprint density at radius 1 is 1.03 bits per heavy atom. The Balaban J connectivity index is 1.56. The third-order valence-electron chi connectivity index (χ3n) is 6.17. The van der Waals surface area contributed by atoms with Crippen LogP contribution in [0.2, 0.25) is 0 Å². The van der Waals surface area contributed by atoms with Crippen molar-refractivity contribution in [3.63, 3.8) is 0 Å². The Morgan fingerprint density at radius 2 is 1.75 bits per heavy atom. The lowest BCUT2D eigenvalue weighted by Crippen LogP contribution is -2.22. The Bertz CT molecular complexity index is 1030. The number of hydrogen-bond acceptors (Lipinski definition) is 1. The molecule has 1 amide bonds. The van der Waals surface area contributed by atoms with Crippen molar-refractivity contribution in [1.29, 1.82) is 0 Å². The van der Waals surface area contributed by atoms with Gasteiger partial charge in [0.15, 0.2) is 0 Å². The molecule has 3 rings (SSSR count). The second kappa shape index (κ2) is 10.9. The lowest BCUT2D eigenvalue weighted by Gasteiger charge is -2.32. The molecule has 32 heavy (non-hydrogen) atoms. The topological polar surface area (TPSA) is 29.1 Å². The molecule has 0 saturated carbocycles. The minimum atomic E-state index is -0.0551. The van der Waals surface area contributed by atoms with E-state index < -0.39 is 0 Å². The highest BCUT2D eigenvalue weighted by atomic mass is 16.1. The van der Waals surface area contributed by atoms with Crippen LogP contribution >= 0.6 is 0 Å². The van der Waals surface area contributed by atoms with E-state index in [2.05, 4.69) is 63.4 Å². The normalized spacial score (nSPS) is 16.7. The number of carbonyl (C=O) groups excluding carboxylic acids is 1. The molecule has 0 aromatic heterocycles. The smallest absolute Gasteiger partial charge is 0.251 e. The molecule has 0 fully saturated rings. The summed E-state index contributed by atoms with van der Waals surface area (Å²) >= 11 is 0. The average molecular weight is 426 g/mol. The monoisotopic (exact) mass is 425 g/mol. The third kappa shape index (κ3) is 6.68. The van der Waals surface area contributed by atoms with Gasteiger partial charge in [-0.3, -0.25) is 4.79 Å². The summed E-state index contributed by atoms with van der Waals surface area (Å²) < 4.78 is 0. The van der Waals surface area contributed by atoms with Crippen LogP contribution in [0.25, 0.3) is 6.08 Å². The van der Waals surface area contributed by atoms with Gasteiger partial charge in [-0.2, -0.15) is 0 Å². The molecule has 0 bridgehead atoms. The number of benzene rings is 2. The van der Waals surface area contributed by atoms with Gasteiger partial charge in [0, 0.05) is 12.1 Å². The number of nitrogens with one attached hydrogen (secondary N) is 1. The number of rotatable bonds is 7. The van der Waals surface area contributed by atoms with Gasteiger partial charge in [-0.15, -0.1) is 0 Å². The van der Waals surface area contributed by atoms with Gasteiger partial charge in [-0.1, -0.05) is 97.8 Å². The van der Waals surface area contributed by atoms with Gasteiger partial charge in [0.1, 0.15) is 0 Å². The van der Waals surface area contributed by atoms with Crippen molar-refractivity contribution in [2.75, 3.05) is 0 Å². The van der Waals surface area contributed by atoms with E-state index in [9.17, 15) is 4.79 Å². The fraction of sp³-hybridized carbons (Fsp3) is 0.300. The predicted octanol–water partition coefficient (Wildman–Crippen LogP) is 7.66. The van der Waals surface area contributed by atoms with Crippen molar-refractivity contribution in [2.45, 2.75) is 53.5 Å². The van der Waals surface area contributed by atoms with E-state index in [1.807, 2.05) is 54.6 Å². The highest BCUT2D eigenvalue weighted by Gasteiger charge is 2.26. The van der Waals surface area contributed by atoms with Gasteiger partial charge in [0.25, 0.3) is 5.91 Å². The zero-order valence-corrected chi connectivity index (χ0v) is 19.8. The number of hydrogen-bond donors (Lipinski definition) is 1. The van der Waals surface area contributed by atoms with Gasteiger partial charge in [0.2, 0.25) is 0 Å². The van der Waals surface area contributed by atoms with E-state index in [-0.39, 0.29) is 11.3 Å². The molecule has 166 valence electrons. The molecule has 2 nitrogen and oxygen atoms in total. The van der Waals surface area contributed by atoms with E-state index in [0.717, 1.165) is 11.1 Å². The summed E-state index contributed by atoms with van der Waals surface area (Å²) in [5, 5.41) is 2.96. The molecule has 1 aliphatic carbocycles. The maximum Gasteiger partial charge on any atom is 0.251 e. The van der Waals surface area contributed by atoms with E-state index in [0.29, 0.717) is 12.1 Å². The van der Waals surface area contributed by atoms with Crippen LogP contribution in [0, 0.1) is 5.41 Å². The fourth-order valence-electron chi connectivity index (χ4n) is 4.22. The summed E-state index contributed by atoms with van der Waals surface area (Å²) in [7, 11) is 0. The molecule has 2 heteroatoms. The molecular weight excluding hydrogens is 390 g/mol. The average Bonchev–Trinajstić information content (AvgIpc) is 2.78. The number of amides is 1. The zero-order chi connectivity index (χ0) is 23.0. The number of carbonyl (C=O) groups is 1. The first kappa shape index (κ1) is 23.5. The van der Waals surface area contributed by atoms with Gasteiger partial charge >= 0.3 is 0 Å². The first-order valence-electron chi connectivity index (χ1n) is 11.5. The van der Waals surface area contributed by atoms with Crippen molar-refractivity contribution in [2.24, 2.45) is 5.41 Å². The summed E-state index contributed by atoms with van der Waals surface area (Å²) in [6.45, 7) is 9.63. The molecule has 1 N–H and O–H groups in total. The zero-order valence-electron chi connectivity index (χ0n) is 19.8. The summed E-state index contributed by atoms with van der Waals surface area (Å²) in [5.74, 6) is -0.0551. The number of allylic oxidation sites excluding steroid dienone is 7. The van der Waals surface area contributed by atoms with Gasteiger partial charge < -0.3 is 5.32 Å². The summed E-state index contributed by atoms with van der Waals surface area (Å²) in [4.78, 5) is 12.4. The van der Waals surface area contributed by atoms with Crippen LogP contribution in [0.5, 0.6) is 0 Å². The van der Waals surface area contributed by atoms with Crippen LogP contribution in [0.15, 0.2) is 95.6 Å². The molecule has 2 aromatic rings. The second-order valence-corrected chi connectivity index (χ2v) is 9.32. The Hall–Kier alpha value is -3.13. The van der Waals surface area contributed by atoms with Gasteiger partial charge in [-0.25, -0.2) is 0 Å². The minimum Gasteiger partial charge on any atom is -0.348 e. The molecule has 0 heterocycles. The molecule has 1 aliphatic rings. The first-order valence-corrected chi connectivity index (χ1v) is 11.5. The van der Waals surface area contributed by atoms with Gasteiger partial charge in [0.05, 0.1) is 0 Å². The standard InChI is InChI=1S/C30H35NO/c1-23(15-20-28-24(2)11-9-21-30(28,3)4)10-8-14-25-16-18-27(19-17-25)29(32)31-22-26-12-6-5-7-13-26/h5-8,10,12-20H,9,11,21-22H2,1-4H3,(H,31,32). The van der Waals surface area contributed by atoms with Crippen LogP contribution in [0.1, 0.15) is 68.4 Å². The van der Waals surface area contributed by atoms with E-state index >= 15 is 0 Å². The molecule has 0 atom stereocenters. The highest BCUT2D eigenvalue weighted by molar-refractivity contribution is 5.94. The van der Waals surface area contributed by atoms with Crippen molar-refractivity contribution in [3.8, 4) is 0 Å². The fourth-order valence-corrected chi connectivity index (χ4v) is 4.22. The maximum atomic E-state index is 12.4.